The monoisotopic (exact) mass is 397 g/mol. The van der Waals surface area contributed by atoms with Crippen LogP contribution in [0.2, 0.25) is 5.15 Å². The minimum atomic E-state index is -0.993. The third-order valence-electron chi connectivity index (χ3n) is 2.58. The summed E-state index contributed by atoms with van der Waals surface area (Å²) in [5.74, 6) is -0.387. The molecule has 1 aliphatic heterocycles. The fraction of sp³-hybridized carbons (Fsp3) is 0.333. The molecule has 0 aromatic carbocycles. The average Bonchev–Trinajstić information content (AvgIpc) is 2.77. The van der Waals surface area contributed by atoms with Gasteiger partial charge in [0.15, 0.2) is 0 Å². The summed E-state index contributed by atoms with van der Waals surface area (Å²) in [6.45, 7) is 0.853. The molecule has 0 saturated heterocycles. The molecule has 0 bridgehead atoms. The lowest BCUT2D eigenvalue weighted by Gasteiger charge is -2.23. The molecule has 1 aromatic heterocycles. The molecule has 0 aliphatic carbocycles. The second kappa shape index (κ2) is 6.51. The Labute approximate surface area is 128 Å². The summed E-state index contributed by atoms with van der Waals surface area (Å²) in [4.78, 5) is 16.9. The fourth-order valence-electron chi connectivity index (χ4n) is 1.72. The van der Waals surface area contributed by atoms with Crippen molar-refractivity contribution in [1.29, 1.82) is 0 Å². The van der Waals surface area contributed by atoms with Gasteiger partial charge in [0.1, 0.15) is 11.8 Å². The molecule has 7 heteroatoms. The second-order valence-corrected chi connectivity index (χ2v) is 5.87. The molecule has 1 atom stereocenters. The quantitative estimate of drug-likeness (QED) is 0.264. The number of rotatable bonds is 5. The van der Waals surface area contributed by atoms with Crippen molar-refractivity contribution in [3.05, 3.63) is 40.8 Å². The molecule has 0 saturated carbocycles. The Kier molecular flexibility index (Phi) is 4.98. The van der Waals surface area contributed by atoms with Crippen LogP contribution in [0.1, 0.15) is 5.56 Å². The van der Waals surface area contributed by atoms with E-state index in [4.69, 9.17) is 16.3 Å². The predicted octanol–water partition coefficient (Wildman–Crippen LogP) is -1.44. The molecule has 0 amide bonds. The maximum absolute atomic E-state index is 13.2. The van der Waals surface area contributed by atoms with Crippen LogP contribution in [0.3, 0.4) is 0 Å². The van der Waals surface area contributed by atoms with E-state index >= 15 is 0 Å². The lowest BCUT2D eigenvalue weighted by Crippen LogP contribution is -3.39. The van der Waals surface area contributed by atoms with Gasteiger partial charge in [-0.15, -0.1) is 0 Å². The summed E-state index contributed by atoms with van der Waals surface area (Å²) < 4.78 is 17.1. The number of halogens is 3. The smallest absolute Gasteiger partial charge is 0.333 e. The van der Waals surface area contributed by atoms with E-state index in [-0.39, 0.29) is 19.1 Å². The number of carbonyl (C=O) groups is 1. The Morgan fingerprint density at radius 3 is 2.89 bits per heavy atom. The van der Waals surface area contributed by atoms with Crippen molar-refractivity contribution < 1.29 is 36.5 Å². The number of esters is 1. The molecule has 0 N–H and O–H groups in total. The summed E-state index contributed by atoms with van der Waals surface area (Å²) in [5, 5.41) is 0.410. The van der Waals surface area contributed by atoms with E-state index in [9.17, 15) is 9.18 Å². The predicted molar refractivity (Wildman–Crippen MR) is 65.0 cm³/mol. The van der Waals surface area contributed by atoms with Gasteiger partial charge in [-0.25, -0.2) is 9.78 Å². The highest BCUT2D eigenvalue weighted by Crippen LogP contribution is 2.16. The zero-order chi connectivity index (χ0) is 13.8. The third-order valence-corrected chi connectivity index (χ3v) is 3.23. The van der Waals surface area contributed by atoms with Crippen LogP contribution in [-0.4, -0.2) is 33.2 Å². The van der Waals surface area contributed by atoms with Crippen molar-refractivity contribution in [1.82, 2.24) is 9.88 Å². The summed E-state index contributed by atoms with van der Waals surface area (Å²) in [7, 11) is 0. The molecule has 4 nitrogen and oxygen atoms in total. The maximum atomic E-state index is 13.2. The zero-order valence-electron chi connectivity index (χ0n) is 9.88. The van der Waals surface area contributed by atoms with E-state index in [0.717, 1.165) is 5.56 Å². The molecule has 0 spiro atoms. The molecule has 102 valence electrons. The van der Waals surface area contributed by atoms with Crippen LogP contribution < -0.4 is 22.6 Å². The summed E-state index contributed by atoms with van der Waals surface area (Å²) in [6.07, 6.45) is 3.03. The van der Waals surface area contributed by atoms with Crippen LogP contribution in [0.15, 0.2) is 30.1 Å². The van der Waals surface area contributed by atoms with Gasteiger partial charge in [0.05, 0.1) is 12.2 Å². The Bertz CT molecular complexity index is 493. The van der Waals surface area contributed by atoms with Crippen molar-refractivity contribution in [2.75, 3.05) is 13.2 Å². The zero-order valence-corrected chi connectivity index (χ0v) is 13.0. The molecule has 1 aliphatic rings. The highest BCUT2D eigenvalue weighted by Gasteiger charge is 2.23. The fourth-order valence-corrected chi connectivity index (χ4v) is 2.35. The number of aromatic nitrogens is 1. The Balaban J connectivity index is 2.11. The van der Waals surface area contributed by atoms with Gasteiger partial charge in [0.2, 0.25) is 0 Å². The van der Waals surface area contributed by atoms with Crippen molar-refractivity contribution in [2.24, 2.45) is 0 Å². The average molecular weight is 398 g/mol. The Hall–Kier alpha value is -0.890. The molecule has 0 radical (unpaired) electrons. The van der Waals surface area contributed by atoms with E-state index in [1.165, 1.54) is 28.7 Å². The Morgan fingerprint density at radius 2 is 2.37 bits per heavy atom. The van der Waals surface area contributed by atoms with Crippen LogP contribution in [0.4, 0.5) is 4.39 Å². The molecule has 1 unspecified atom stereocenters. The van der Waals surface area contributed by atoms with Gasteiger partial charge in [-0.3, -0.25) is 0 Å². The first-order valence-corrected chi connectivity index (χ1v) is 7.29. The van der Waals surface area contributed by atoms with Gasteiger partial charge in [-0.2, -0.15) is 4.39 Å². The minimum Gasteiger partial charge on any atom is -0.456 e. The van der Waals surface area contributed by atoms with E-state index in [0.29, 0.717) is 17.4 Å². The van der Waals surface area contributed by atoms with E-state index < -0.39 is 4.18 Å². The number of cyclic esters (lactones) is 1. The first-order chi connectivity index (χ1) is 9.04. The van der Waals surface area contributed by atoms with Crippen molar-refractivity contribution in [2.45, 2.75) is 10.7 Å². The van der Waals surface area contributed by atoms with Crippen molar-refractivity contribution in [3.8, 4) is 0 Å². The van der Waals surface area contributed by atoms with Crippen LogP contribution in [-0.2, 0) is 16.1 Å². The molecule has 2 heterocycles. The normalized spacial score (nSPS) is 15.9. The number of hydrogen-bond acceptors (Lipinski definition) is 4. The van der Waals surface area contributed by atoms with Gasteiger partial charge in [0, 0.05) is 18.8 Å². The molecule has 0 fully saturated rings. The number of pyridine rings is 1. The van der Waals surface area contributed by atoms with Crippen molar-refractivity contribution in [3.63, 3.8) is 0 Å². The van der Waals surface area contributed by atoms with Gasteiger partial charge in [-0.1, -0.05) is 17.7 Å². The number of carbonyl (C=O) groups excluding carboxylic acids is 1. The van der Waals surface area contributed by atoms with Gasteiger partial charge >= 0.3 is 10.1 Å². The summed E-state index contributed by atoms with van der Waals surface area (Å²) >= 11 is 7.12. The van der Waals surface area contributed by atoms with Gasteiger partial charge in [0.25, 0.3) is 22.6 Å². The van der Waals surface area contributed by atoms with E-state index in [2.05, 4.69) is 4.98 Å². The summed E-state index contributed by atoms with van der Waals surface area (Å²) in [5.41, 5.74) is 1.58. The third kappa shape index (κ3) is 4.31. The number of nitrogens with zero attached hydrogens (tertiary/aromatic N) is 2. The summed E-state index contributed by atoms with van der Waals surface area (Å²) in [6, 6.07) is 3.50. The van der Waals surface area contributed by atoms with Crippen molar-refractivity contribution >= 4 is 17.6 Å². The van der Waals surface area contributed by atoms with Crippen LogP contribution in [0.25, 0.3) is 0 Å². The minimum absolute atomic E-state index is 0.188. The lowest BCUT2D eigenvalue weighted by atomic mass is 10.2. The first-order valence-electron chi connectivity index (χ1n) is 5.57. The molecular weight excluding hydrogens is 385 g/mol. The van der Waals surface area contributed by atoms with Gasteiger partial charge < -0.3 is 9.64 Å². The van der Waals surface area contributed by atoms with Crippen LogP contribution in [0.5, 0.6) is 0 Å². The van der Waals surface area contributed by atoms with Crippen LogP contribution in [0, 0.1) is 0 Å². The van der Waals surface area contributed by atoms with E-state index in [1.54, 1.807) is 17.2 Å². The van der Waals surface area contributed by atoms with Crippen LogP contribution >= 0.6 is 11.6 Å². The first kappa shape index (κ1) is 14.5. The Morgan fingerprint density at radius 1 is 1.58 bits per heavy atom. The number of hydrogen-bond donors (Lipinski definition) is 0. The number of ether oxygens (including phenoxy) is 1. The largest absolute Gasteiger partial charge is 0.456 e. The molecule has 2 rings (SSSR count). The molecule has 19 heavy (non-hydrogen) atoms. The lowest BCUT2D eigenvalue weighted by molar-refractivity contribution is -0.460. The highest BCUT2D eigenvalue weighted by molar-refractivity contribution is 6.29. The molecular formula is C12H12ClFIN2O2+. The highest BCUT2D eigenvalue weighted by atomic mass is 127. The second-order valence-electron chi connectivity index (χ2n) is 4.02. The van der Waals surface area contributed by atoms with Gasteiger partial charge in [-0.05, 0) is 11.6 Å². The molecule has 1 aromatic rings. The maximum Gasteiger partial charge on any atom is 0.333 e. The topological polar surface area (TPSA) is 42.4 Å². The SMILES string of the molecule is O=C1C=C(N(Cc2ccc(Cl)nc2)CC(F)[IH+])CO1. The number of alkyl halides is 2. The standard InChI is InChI=1S/C12H12ClFIN2O2/c13-10-2-1-8(4-16-10)5-17(6-11(14)15)9-3-12(18)19-7-9/h1-4,11,15H,5-7H2/q+1. The van der Waals surface area contributed by atoms with E-state index in [1.807, 2.05) is 6.07 Å².